The van der Waals surface area contributed by atoms with Crippen molar-refractivity contribution in [1.82, 2.24) is 5.32 Å². The molecule has 17 heavy (non-hydrogen) atoms. The fraction of sp³-hybridized carbons (Fsp3) is 0.385. The van der Waals surface area contributed by atoms with E-state index < -0.39 is 0 Å². The number of guanidine groups is 1. The van der Waals surface area contributed by atoms with Gasteiger partial charge in [0.25, 0.3) is 0 Å². The van der Waals surface area contributed by atoms with Crippen LogP contribution in [0, 0.1) is 25.2 Å². The average molecular weight is 231 g/mol. The Morgan fingerprint density at radius 2 is 2.18 bits per heavy atom. The molecule has 0 aromatic heterocycles. The topological polar surface area (TPSA) is 79.0 Å². The van der Waals surface area contributed by atoms with E-state index in [0.29, 0.717) is 0 Å². The van der Waals surface area contributed by atoms with Gasteiger partial charge in [0.15, 0.2) is 5.96 Å². The monoisotopic (exact) mass is 231 g/mol. The SMILES string of the molecule is Cc1ccc(C)c([C@@H]2C[C@H]2C(=O)NC(=N)N)c1. The number of aryl methyl sites for hydroxylation is 2. The van der Waals surface area contributed by atoms with Gasteiger partial charge in [-0.25, -0.2) is 0 Å². The minimum Gasteiger partial charge on any atom is -0.370 e. The van der Waals surface area contributed by atoms with E-state index in [9.17, 15) is 4.79 Å². The van der Waals surface area contributed by atoms with E-state index in [1.165, 1.54) is 16.7 Å². The molecule has 4 nitrogen and oxygen atoms in total. The van der Waals surface area contributed by atoms with Crippen molar-refractivity contribution < 1.29 is 4.79 Å². The zero-order valence-electron chi connectivity index (χ0n) is 10.1. The quantitative estimate of drug-likeness (QED) is 0.531. The molecule has 4 N–H and O–H groups in total. The van der Waals surface area contributed by atoms with Crippen molar-refractivity contribution in [3.8, 4) is 0 Å². The lowest BCUT2D eigenvalue weighted by Gasteiger charge is -2.06. The predicted octanol–water partition coefficient (Wildman–Crippen LogP) is 1.42. The Balaban J connectivity index is 2.10. The van der Waals surface area contributed by atoms with E-state index in [1.807, 2.05) is 0 Å². The molecular weight excluding hydrogens is 214 g/mol. The van der Waals surface area contributed by atoms with Gasteiger partial charge >= 0.3 is 0 Å². The Kier molecular flexibility index (Phi) is 2.88. The van der Waals surface area contributed by atoms with Crippen molar-refractivity contribution >= 4 is 11.9 Å². The Morgan fingerprint density at radius 3 is 2.82 bits per heavy atom. The molecule has 1 saturated carbocycles. The summed E-state index contributed by atoms with van der Waals surface area (Å²) in [5.41, 5.74) is 8.82. The molecule has 0 bridgehead atoms. The van der Waals surface area contributed by atoms with E-state index in [1.54, 1.807) is 0 Å². The Labute approximate surface area is 101 Å². The van der Waals surface area contributed by atoms with Gasteiger partial charge in [0, 0.05) is 5.92 Å². The van der Waals surface area contributed by atoms with Crippen LogP contribution in [-0.2, 0) is 4.79 Å². The van der Waals surface area contributed by atoms with Crippen molar-refractivity contribution in [2.45, 2.75) is 26.2 Å². The van der Waals surface area contributed by atoms with E-state index in [2.05, 4.69) is 37.4 Å². The molecule has 1 aliphatic rings. The van der Waals surface area contributed by atoms with Gasteiger partial charge < -0.3 is 5.73 Å². The number of carbonyl (C=O) groups is 1. The van der Waals surface area contributed by atoms with Crippen molar-refractivity contribution in [1.29, 1.82) is 5.41 Å². The summed E-state index contributed by atoms with van der Waals surface area (Å²) in [5.74, 6) is -0.154. The Hall–Kier alpha value is -1.84. The van der Waals surface area contributed by atoms with Crippen molar-refractivity contribution in [2.24, 2.45) is 11.7 Å². The number of nitrogens with two attached hydrogens (primary N) is 1. The van der Waals surface area contributed by atoms with E-state index >= 15 is 0 Å². The number of benzene rings is 1. The third kappa shape index (κ3) is 2.46. The standard InChI is InChI=1S/C13H17N3O/c1-7-3-4-8(2)9(5-7)10-6-11(10)12(17)16-13(14)15/h3-5,10-11H,6H2,1-2H3,(H4,14,15,16,17)/t10-,11+/m0/s1. The number of hydrogen-bond donors (Lipinski definition) is 3. The van der Waals surface area contributed by atoms with Crippen LogP contribution in [0.4, 0.5) is 0 Å². The maximum Gasteiger partial charge on any atom is 0.230 e. The van der Waals surface area contributed by atoms with Crippen LogP contribution in [-0.4, -0.2) is 11.9 Å². The zero-order valence-corrected chi connectivity index (χ0v) is 10.1. The smallest absolute Gasteiger partial charge is 0.230 e. The molecule has 4 heteroatoms. The van der Waals surface area contributed by atoms with Crippen molar-refractivity contribution in [3.63, 3.8) is 0 Å². The van der Waals surface area contributed by atoms with Crippen LogP contribution in [0.15, 0.2) is 18.2 Å². The summed E-state index contributed by atoms with van der Waals surface area (Å²) in [4.78, 5) is 11.7. The summed E-state index contributed by atoms with van der Waals surface area (Å²) in [5, 5.41) is 9.40. The summed E-state index contributed by atoms with van der Waals surface area (Å²) in [7, 11) is 0. The van der Waals surface area contributed by atoms with Gasteiger partial charge in [-0.2, -0.15) is 0 Å². The summed E-state index contributed by atoms with van der Waals surface area (Å²) >= 11 is 0. The second-order valence-corrected chi connectivity index (χ2v) is 4.71. The van der Waals surface area contributed by atoms with Crippen LogP contribution < -0.4 is 11.1 Å². The highest BCUT2D eigenvalue weighted by molar-refractivity contribution is 5.97. The average Bonchev–Trinajstić information content (AvgIpc) is 3.00. The van der Waals surface area contributed by atoms with E-state index in [-0.39, 0.29) is 23.7 Å². The molecule has 0 aliphatic heterocycles. The number of rotatable bonds is 2. The van der Waals surface area contributed by atoms with Gasteiger partial charge in [-0.3, -0.25) is 15.5 Å². The van der Waals surface area contributed by atoms with Crippen molar-refractivity contribution in [3.05, 3.63) is 34.9 Å². The molecule has 1 amide bonds. The maximum absolute atomic E-state index is 11.7. The lowest BCUT2D eigenvalue weighted by Crippen LogP contribution is -2.36. The fourth-order valence-corrected chi connectivity index (χ4v) is 2.21. The second kappa shape index (κ2) is 4.20. The van der Waals surface area contributed by atoms with Crippen LogP contribution >= 0.6 is 0 Å². The lowest BCUT2D eigenvalue weighted by molar-refractivity contribution is -0.121. The molecule has 2 atom stereocenters. The van der Waals surface area contributed by atoms with Crippen molar-refractivity contribution in [2.75, 3.05) is 0 Å². The first-order chi connectivity index (χ1) is 7.99. The number of amides is 1. The van der Waals surface area contributed by atoms with Crippen LogP contribution in [0.2, 0.25) is 0 Å². The summed E-state index contributed by atoms with van der Waals surface area (Å²) in [6, 6.07) is 6.30. The largest absolute Gasteiger partial charge is 0.370 e. The van der Waals surface area contributed by atoms with Gasteiger partial charge in [-0.15, -0.1) is 0 Å². The van der Waals surface area contributed by atoms with Crippen LogP contribution in [0.5, 0.6) is 0 Å². The van der Waals surface area contributed by atoms with Gasteiger partial charge in [-0.1, -0.05) is 23.8 Å². The van der Waals surface area contributed by atoms with Gasteiger partial charge in [-0.05, 0) is 37.3 Å². The molecule has 1 aromatic rings. The third-order valence-electron chi connectivity index (χ3n) is 3.22. The van der Waals surface area contributed by atoms with Gasteiger partial charge in [0.1, 0.15) is 0 Å². The molecule has 1 aromatic carbocycles. The predicted molar refractivity (Wildman–Crippen MR) is 66.8 cm³/mol. The molecule has 0 spiro atoms. The molecule has 0 heterocycles. The fourth-order valence-electron chi connectivity index (χ4n) is 2.21. The van der Waals surface area contributed by atoms with Gasteiger partial charge in [0.05, 0.1) is 0 Å². The normalized spacial score (nSPS) is 22.0. The minimum absolute atomic E-state index is 0.0283. The van der Waals surface area contributed by atoms with E-state index in [4.69, 9.17) is 11.1 Å². The summed E-state index contributed by atoms with van der Waals surface area (Å²) < 4.78 is 0. The summed E-state index contributed by atoms with van der Waals surface area (Å²) in [6.45, 7) is 4.11. The number of carbonyl (C=O) groups excluding carboxylic acids is 1. The first-order valence-corrected chi connectivity index (χ1v) is 5.71. The van der Waals surface area contributed by atoms with E-state index in [0.717, 1.165) is 6.42 Å². The number of nitrogens with one attached hydrogen (secondary N) is 2. The molecule has 90 valence electrons. The van der Waals surface area contributed by atoms with Crippen LogP contribution in [0.1, 0.15) is 29.0 Å². The molecule has 1 fully saturated rings. The molecule has 0 radical (unpaired) electrons. The summed E-state index contributed by atoms with van der Waals surface area (Å²) in [6.07, 6.45) is 0.851. The zero-order chi connectivity index (χ0) is 12.6. The van der Waals surface area contributed by atoms with Crippen LogP contribution in [0.25, 0.3) is 0 Å². The highest BCUT2D eigenvalue weighted by Gasteiger charge is 2.44. The first kappa shape index (κ1) is 11.6. The molecule has 1 aliphatic carbocycles. The number of hydrogen-bond acceptors (Lipinski definition) is 2. The van der Waals surface area contributed by atoms with Crippen LogP contribution in [0.3, 0.4) is 0 Å². The highest BCUT2D eigenvalue weighted by Crippen LogP contribution is 2.48. The third-order valence-corrected chi connectivity index (χ3v) is 3.22. The lowest BCUT2D eigenvalue weighted by atomic mass is 10.0. The molecule has 0 unspecified atom stereocenters. The molecular formula is C13H17N3O. The molecule has 0 saturated heterocycles. The highest BCUT2D eigenvalue weighted by atomic mass is 16.2. The Morgan fingerprint density at radius 1 is 1.47 bits per heavy atom. The molecule has 2 rings (SSSR count). The van der Waals surface area contributed by atoms with Gasteiger partial charge in [0.2, 0.25) is 5.91 Å². The first-order valence-electron chi connectivity index (χ1n) is 5.71. The maximum atomic E-state index is 11.7. The second-order valence-electron chi connectivity index (χ2n) is 4.71. The minimum atomic E-state index is -0.276. The Bertz CT molecular complexity index is 482.